The summed E-state index contributed by atoms with van der Waals surface area (Å²) in [4.78, 5) is 0. The summed E-state index contributed by atoms with van der Waals surface area (Å²) in [6.07, 6.45) is 1.78. The van der Waals surface area contributed by atoms with Gasteiger partial charge in [-0.1, -0.05) is 24.3 Å². The van der Waals surface area contributed by atoms with Gasteiger partial charge in [0.1, 0.15) is 5.75 Å². The molecule has 0 atom stereocenters. The average molecular weight is 403 g/mol. The Labute approximate surface area is 175 Å². The maximum Gasteiger partial charge on any atom is 0.191 e. The number of benzene rings is 3. The molecule has 0 unspecified atom stereocenters. The zero-order chi connectivity index (χ0) is 20.2. The normalized spacial score (nSPS) is 11.2. The van der Waals surface area contributed by atoms with Crippen molar-refractivity contribution in [3.63, 3.8) is 0 Å². The molecular formula is C23H22N4OS. The molecule has 5 nitrogen and oxygen atoms in total. The fraction of sp³-hybridized carbons (Fsp3) is 0.130. The molecular weight excluding hydrogens is 380 g/mol. The molecule has 1 aromatic heterocycles. The van der Waals surface area contributed by atoms with Crippen molar-refractivity contribution in [2.24, 2.45) is 5.10 Å². The van der Waals surface area contributed by atoms with E-state index in [0.29, 0.717) is 5.11 Å². The molecule has 1 heterocycles. The Morgan fingerprint density at radius 3 is 2.55 bits per heavy atom. The van der Waals surface area contributed by atoms with Gasteiger partial charge in [-0.2, -0.15) is 5.10 Å². The van der Waals surface area contributed by atoms with Crippen LogP contribution in [0.2, 0.25) is 0 Å². The van der Waals surface area contributed by atoms with Gasteiger partial charge in [0.2, 0.25) is 0 Å². The number of ether oxygens (including phenoxy) is 1. The summed E-state index contributed by atoms with van der Waals surface area (Å²) in [5.74, 6) is 0.798. The number of nitrogens with one attached hydrogen (secondary N) is 2. The molecule has 4 aromatic rings. The first-order valence-electron chi connectivity index (χ1n) is 9.44. The summed E-state index contributed by atoms with van der Waals surface area (Å²) in [6.45, 7) is 3.10. The minimum Gasteiger partial charge on any atom is -0.497 e. The van der Waals surface area contributed by atoms with E-state index in [0.717, 1.165) is 23.5 Å². The molecule has 29 heavy (non-hydrogen) atoms. The van der Waals surface area contributed by atoms with Crippen LogP contribution in [0.5, 0.6) is 5.75 Å². The van der Waals surface area contributed by atoms with Crippen LogP contribution < -0.4 is 15.5 Å². The molecule has 0 saturated heterocycles. The third-order valence-electron chi connectivity index (χ3n) is 4.84. The number of rotatable bonds is 5. The molecule has 2 N–H and O–H groups in total. The first-order chi connectivity index (χ1) is 14.2. The summed E-state index contributed by atoms with van der Waals surface area (Å²) in [5, 5.41) is 10.3. The highest BCUT2D eigenvalue weighted by atomic mass is 32.1. The van der Waals surface area contributed by atoms with Crippen LogP contribution in [0, 0.1) is 0 Å². The standard InChI is InChI=1S/C23H22N4OS/c1-3-27-21-7-5-4-6-19(21)20-14-16(8-13-22(20)27)15-24-26-23(29)25-17-9-11-18(28-2)12-10-17/h4-15H,3H2,1-2H3,(H2,25,26,29)/b24-15-. The molecule has 0 saturated carbocycles. The SMILES string of the molecule is CCn1c2ccccc2c2cc(/C=N\NC(=S)Nc3ccc(OC)cc3)ccc21. The molecule has 0 radical (unpaired) electrons. The lowest BCUT2D eigenvalue weighted by molar-refractivity contribution is 0.415. The summed E-state index contributed by atoms with van der Waals surface area (Å²) in [6, 6.07) is 22.4. The van der Waals surface area contributed by atoms with Crippen molar-refractivity contribution in [1.82, 2.24) is 9.99 Å². The van der Waals surface area contributed by atoms with Crippen LogP contribution in [0.15, 0.2) is 71.8 Å². The fourth-order valence-corrected chi connectivity index (χ4v) is 3.66. The monoisotopic (exact) mass is 402 g/mol. The molecule has 0 spiro atoms. The fourth-order valence-electron chi connectivity index (χ4n) is 3.49. The van der Waals surface area contributed by atoms with E-state index in [2.05, 4.69) is 69.8 Å². The van der Waals surface area contributed by atoms with Crippen molar-refractivity contribution in [1.29, 1.82) is 0 Å². The first kappa shape index (κ1) is 19.0. The minimum atomic E-state index is 0.426. The lowest BCUT2D eigenvalue weighted by atomic mass is 10.1. The van der Waals surface area contributed by atoms with E-state index in [4.69, 9.17) is 17.0 Å². The van der Waals surface area contributed by atoms with Gasteiger partial charge < -0.3 is 14.6 Å². The molecule has 0 fully saturated rings. The van der Waals surface area contributed by atoms with Gasteiger partial charge in [-0.05, 0) is 67.2 Å². The number of hydrazone groups is 1. The van der Waals surface area contributed by atoms with E-state index in [9.17, 15) is 0 Å². The van der Waals surface area contributed by atoms with Gasteiger partial charge in [0.05, 0.1) is 13.3 Å². The van der Waals surface area contributed by atoms with Crippen LogP contribution in [-0.2, 0) is 6.54 Å². The molecule has 4 rings (SSSR count). The van der Waals surface area contributed by atoms with Gasteiger partial charge >= 0.3 is 0 Å². The quantitative estimate of drug-likeness (QED) is 0.276. The van der Waals surface area contributed by atoms with Crippen LogP contribution in [-0.4, -0.2) is 23.0 Å². The Bertz CT molecular complexity index is 1190. The minimum absolute atomic E-state index is 0.426. The highest BCUT2D eigenvalue weighted by molar-refractivity contribution is 7.80. The van der Waals surface area contributed by atoms with Crippen molar-refractivity contribution >= 4 is 51.0 Å². The van der Waals surface area contributed by atoms with Gasteiger partial charge in [0.15, 0.2) is 5.11 Å². The second-order valence-corrected chi connectivity index (χ2v) is 7.00. The van der Waals surface area contributed by atoms with Gasteiger partial charge in [-0.15, -0.1) is 0 Å². The van der Waals surface area contributed by atoms with Crippen LogP contribution >= 0.6 is 12.2 Å². The zero-order valence-electron chi connectivity index (χ0n) is 16.3. The summed E-state index contributed by atoms with van der Waals surface area (Å²) < 4.78 is 7.48. The van der Waals surface area contributed by atoms with Crippen molar-refractivity contribution in [2.75, 3.05) is 12.4 Å². The highest BCUT2D eigenvalue weighted by Crippen LogP contribution is 2.29. The van der Waals surface area contributed by atoms with Crippen molar-refractivity contribution in [2.45, 2.75) is 13.5 Å². The number of anilines is 1. The third-order valence-corrected chi connectivity index (χ3v) is 5.03. The molecule has 146 valence electrons. The molecule has 3 aromatic carbocycles. The smallest absolute Gasteiger partial charge is 0.191 e. The number of fused-ring (bicyclic) bond motifs is 3. The predicted octanol–water partition coefficient (Wildman–Crippen LogP) is 5.14. The molecule has 0 amide bonds. The van der Waals surface area contributed by atoms with Crippen molar-refractivity contribution < 1.29 is 4.74 Å². The van der Waals surface area contributed by atoms with Gasteiger partial charge in [0, 0.05) is 34.0 Å². The maximum absolute atomic E-state index is 5.30. The number of aromatic nitrogens is 1. The number of methoxy groups -OCH3 is 1. The van der Waals surface area contributed by atoms with E-state index < -0.39 is 0 Å². The number of para-hydroxylation sites is 1. The predicted molar refractivity (Wildman–Crippen MR) is 125 cm³/mol. The maximum atomic E-state index is 5.30. The summed E-state index contributed by atoms with van der Waals surface area (Å²) in [7, 11) is 1.64. The van der Waals surface area contributed by atoms with Crippen LogP contribution in [0.25, 0.3) is 21.8 Å². The van der Waals surface area contributed by atoms with Gasteiger partial charge in [-0.25, -0.2) is 0 Å². The van der Waals surface area contributed by atoms with E-state index in [1.165, 1.54) is 21.8 Å². The first-order valence-corrected chi connectivity index (χ1v) is 9.85. The van der Waals surface area contributed by atoms with E-state index >= 15 is 0 Å². The topological polar surface area (TPSA) is 50.6 Å². The van der Waals surface area contributed by atoms with Crippen molar-refractivity contribution in [3.8, 4) is 5.75 Å². The van der Waals surface area contributed by atoms with E-state index in [1.54, 1.807) is 13.3 Å². The van der Waals surface area contributed by atoms with Gasteiger partial charge in [-0.3, -0.25) is 5.43 Å². The lowest BCUT2D eigenvalue weighted by Gasteiger charge is -2.07. The van der Waals surface area contributed by atoms with Crippen molar-refractivity contribution in [3.05, 3.63) is 72.3 Å². The second-order valence-electron chi connectivity index (χ2n) is 6.59. The number of hydrogen-bond acceptors (Lipinski definition) is 3. The second kappa shape index (κ2) is 8.32. The molecule has 0 bridgehead atoms. The van der Waals surface area contributed by atoms with Crippen LogP contribution in [0.4, 0.5) is 5.69 Å². The zero-order valence-corrected chi connectivity index (χ0v) is 17.2. The molecule has 0 aliphatic carbocycles. The van der Waals surface area contributed by atoms with E-state index in [-0.39, 0.29) is 0 Å². The lowest BCUT2D eigenvalue weighted by Crippen LogP contribution is -2.23. The number of hydrogen-bond donors (Lipinski definition) is 2. The largest absolute Gasteiger partial charge is 0.497 e. The Hall–Kier alpha value is -3.38. The molecule has 0 aliphatic rings. The highest BCUT2D eigenvalue weighted by Gasteiger charge is 2.09. The van der Waals surface area contributed by atoms with Crippen LogP contribution in [0.3, 0.4) is 0 Å². The Kier molecular flexibility index (Phi) is 5.44. The summed E-state index contributed by atoms with van der Waals surface area (Å²) in [5.41, 5.74) is 7.23. The average Bonchev–Trinajstić information content (AvgIpc) is 3.07. The van der Waals surface area contributed by atoms with Gasteiger partial charge in [0.25, 0.3) is 0 Å². The third kappa shape index (κ3) is 3.93. The molecule has 6 heteroatoms. The molecule has 0 aliphatic heterocycles. The van der Waals surface area contributed by atoms with Crippen LogP contribution in [0.1, 0.15) is 12.5 Å². The number of thiocarbonyl (C=S) groups is 1. The Balaban J connectivity index is 1.49. The number of aryl methyl sites for hydroxylation is 1. The summed E-state index contributed by atoms with van der Waals surface area (Å²) >= 11 is 5.30. The van der Waals surface area contributed by atoms with E-state index in [1.807, 2.05) is 24.3 Å². The Morgan fingerprint density at radius 1 is 1.03 bits per heavy atom. The Morgan fingerprint density at radius 2 is 1.79 bits per heavy atom. The number of nitrogens with zero attached hydrogens (tertiary/aromatic N) is 2.